The number of rotatable bonds is 6. The molecule has 1 unspecified atom stereocenters. The van der Waals surface area contributed by atoms with Gasteiger partial charge in [0.2, 0.25) is 0 Å². The normalized spacial score (nSPS) is 17.7. The smallest absolute Gasteiger partial charge is 0.330 e. The van der Waals surface area contributed by atoms with Crippen LogP contribution in [0.2, 0.25) is 0 Å². The highest BCUT2D eigenvalue weighted by atomic mass is 19.4. The first-order valence-electron chi connectivity index (χ1n) is 6.59. The second-order valence-corrected chi connectivity index (χ2v) is 5.02. The van der Waals surface area contributed by atoms with Gasteiger partial charge in [0.1, 0.15) is 6.04 Å². The van der Waals surface area contributed by atoms with E-state index in [0.717, 1.165) is 18.4 Å². The molecule has 2 nitrogen and oxygen atoms in total. The third-order valence-electron chi connectivity index (χ3n) is 3.44. The third kappa shape index (κ3) is 3.94. The molecule has 0 radical (unpaired) electrons. The molecule has 0 heterocycles. The second kappa shape index (κ2) is 5.92. The molecule has 1 aliphatic rings. The fourth-order valence-corrected chi connectivity index (χ4v) is 2.37. The highest BCUT2D eigenvalue weighted by Gasteiger charge is 2.47. The fourth-order valence-electron chi connectivity index (χ4n) is 2.37. The van der Waals surface area contributed by atoms with E-state index in [1.54, 1.807) is 4.90 Å². The van der Waals surface area contributed by atoms with E-state index in [9.17, 15) is 13.2 Å². The first-order chi connectivity index (χ1) is 9.02. The van der Waals surface area contributed by atoms with Crippen molar-refractivity contribution < 1.29 is 13.2 Å². The Labute approximate surface area is 111 Å². The maximum absolute atomic E-state index is 13.2. The molecule has 5 heteroatoms. The largest absolute Gasteiger partial charge is 0.404 e. The molecule has 2 N–H and O–H groups in total. The summed E-state index contributed by atoms with van der Waals surface area (Å²) in [6.45, 7) is 0.401. The zero-order valence-electron chi connectivity index (χ0n) is 10.7. The SMILES string of the molecule is NCCC(N(Cc1ccccc1)C1CC1)C(F)(F)F. The van der Waals surface area contributed by atoms with Gasteiger partial charge in [0.05, 0.1) is 0 Å². The van der Waals surface area contributed by atoms with Gasteiger partial charge in [0, 0.05) is 12.6 Å². The molecular weight excluding hydrogens is 253 g/mol. The Morgan fingerprint density at radius 1 is 1.21 bits per heavy atom. The molecule has 1 saturated carbocycles. The van der Waals surface area contributed by atoms with Crippen molar-refractivity contribution in [2.45, 2.75) is 44.1 Å². The van der Waals surface area contributed by atoms with Gasteiger partial charge < -0.3 is 5.73 Å². The summed E-state index contributed by atoms with van der Waals surface area (Å²) in [6.07, 6.45) is -2.54. The van der Waals surface area contributed by atoms with Crippen LogP contribution in [0.1, 0.15) is 24.8 Å². The minimum absolute atomic E-state index is 0.0349. The summed E-state index contributed by atoms with van der Waals surface area (Å²) in [6, 6.07) is 7.93. The Kier molecular flexibility index (Phi) is 4.47. The van der Waals surface area contributed by atoms with Gasteiger partial charge in [0.15, 0.2) is 0 Å². The average Bonchev–Trinajstić information content (AvgIpc) is 3.18. The minimum atomic E-state index is -4.21. The van der Waals surface area contributed by atoms with E-state index < -0.39 is 12.2 Å². The molecule has 0 bridgehead atoms. The number of nitrogens with two attached hydrogens (primary N) is 1. The van der Waals surface area contributed by atoms with Crippen LogP contribution in [0.4, 0.5) is 13.2 Å². The molecule has 0 spiro atoms. The van der Waals surface area contributed by atoms with E-state index in [1.165, 1.54) is 0 Å². The summed E-state index contributed by atoms with van der Waals surface area (Å²) < 4.78 is 39.5. The van der Waals surface area contributed by atoms with Crippen molar-refractivity contribution in [3.63, 3.8) is 0 Å². The minimum Gasteiger partial charge on any atom is -0.330 e. The standard InChI is InChI=1S/C14H19F3N2/c15-14(16,17)13(8-9-18)19(12-6-7-12)10-11-4-2-1-3-5-11/h1-5,12-13H,6-10,18H2. The molecule has 106 valence electrons. The second-order valence-electron chi connectivity index (χ2n) is 5.02. The summed E-state index contributed by atoms with van der Waals surface area (Å²) in [5, 5.41) is 0. The first-order valence-corrected chi connectivity index (χ1v) is 6.59. The number of hydrogen-bond acceptors (Lipinski definition) is 2. The van der Waals surface area contributed by atoms with Gasteiger partial charge in [0.25, 0.3) is 0 Å². The molecule has 1 aromatic carbocycles. The van der Waals surface area contributed by atoms with Gasteiger partial charge in [-0.2, -0.15) is 13.2 Å². The monoisotopic (exact) mass is 272 g/mol. The maximum Gasteiger partial charge on any atom is 0.404 e. The van der Waals surface area contributed by atoms with Crippen molar-refractivity contribution in [2.75, 3.05) is 6.54 Å². The molecule has 1 aliphatic carbocycles. The summed E-state index contributed by atoms with van der Waals surface area (Å²) in [5.41, 5.74) is 6.27. The van der Waals surface area contributed by atoms with E-state index in [1.807, 2.05) is 30.3 Å². The Balaban J connectivity index is 2.14. The van der Waals surface area contributed by atoms with Crippen molar-refractivity contribution in [1.82, 2.24) is 4.90 Å². The van der Waals surface area contributed by atoms with Gasteiger partial charge in [-0.25, -0.2) is 0 Å². The summed E-state index contributed by atoms with van der Waals surface area (Å²) >= 11 is 0. The Morgan fingerprint density at radius 2 is 1.84 bits per heavy atom. The van der Waals surface area contributed by atoms with Gasteiger partial charge in [-0.3, -0.25) is 4.90 Å². The summed E-state index contributed by atoms with van der Waals surface area (Å²) in [5.74, 6) is 0. The number of hydrogen-bond donors (Lipinski definition) is 1. The predicted octanol–water partition coefficient (Wildman–Crippen LogP) is 2.93. The number of halogens is 3. The van der Waals surface area contributed by atoms with Gasteiger partial charge >= 0.3 is 6.18 Å². The molecule has 1 fully saturated rings. The van der Waals surface area contributed by atoms with Crippen LogP contribution in [-0.4, -0.2) is 29.7 Å². The molecule has 19 heavy (non-hydrogen) atoms. The molecule has 1 atom stereocenters. The zero-order valence-corrected chi connectivity index (χ0v) is 10.7. The number of alkyl halides is 3. The maximum atomic E-state index is 13.2. The fraction of sp³-hybridized carbons (Fsp3) is 0.571. The van der Waals surface area contributed by atoms with Crippen molar-refractivity contribution >= 4 is 0 Å². The summed E-state index contributed by atoms with van der Waals surface area (Å²) in [7, 11) is 0. The Morgan fingerprint density at radius 3 is 2.32 bits per heavy atom. The number of nitrogens with zero attached hydrogens (tertiary/aromatic N) is 1. The van der Waals surface area contributed by atoms with E-state index >= 15 is 0 Å². The molecule has 0 saturated heterocycles. The van der Waals surface area contributed by atoms with Crippen molar-refractivity contribution in [3.8, 4) is 0 Å². The van der Waals surface area contributed by atoms with Crippen LogP contribution in [0.15, 0.2) is 30.3 Å². The van der Waals surface area contributed by atoms with Crippen LogP contribution in [0, 0.1) is 0 Å². The lowest BCUT2D eigenvalue weighted by molar-refractivity contribution is -0.188. The highest BCUT2D eigenvalue weighted by molar-refractivity contribution is 5.15. The van der Waals surface area contributed by atoms with Crippen molar-refractivity contribution in [3.05, 3.63) is 35.9 Å². The van der Waals surface area contributed by atoms with Gasteiger partial charge in [-0.15, -0.1) is 0 Å². The van der Waals surface area contributed by atoms with Crippen LogP contribution in [-0.2, 0) is 6.54 Å². The van der Waals surface area contributed by atoms with Crippen molar-refractivity contribution in [2.24, 2.45) is 5.73 Å². The molecule has 2 rings (SSSR count). The van der Waals surface area contributed by atoms with Crippen molar-refractivity contribution in [1.29, 1.82) is 0 Å². The van der Waals surface area contributed by atoms with Crippen LogP contribution in [0.3, 0.4) is 0 Å². The van der Waals surface area contributed by atoms with Crippen LogP contribution >= 0.6 is 0 Å². The Hall–Kier alpha value is -1.07. The lowest BCUT2D eigenvalue weighted by Gasteiger charge is -2.33. The zero-order chi connectivity index (χ0) is 13.9. The van der Waals surface area contributed by atoms with E-state index in [-0.39, 0.29) is 19.0 Å². The molecule has 0 amide bonds. The predicted molar refractivity (Wildman–Crippen MR) is 68.5 cm³/mol. The highest BCUT2D eigenvalue weighted by Crippen LogP contribution is 2.36. The first kappa shape index (κ1) is 14.3. The Bertz CT molecular complexity index is 387. The van der Waals surface area contributed by atoms with E-state index in [4.69, 9.17) is 5.73 Å². The molecule has 0 aromatic heterocycles. The summed E-state index contributed by atoms with van der Waals surface area (Å²) in [4.78, 5) is 1.57. The molecule has 1 aromatic rings. The average molecular weight is 272 g/mol. The molecular formula is C14H19F3N2. The van der Waals surface area contributed by atoms with Gasteiger partial charge in [-0.1, -0.05) is 30.3 Å². The molecule has 0 aliphatic heterocycles. The van der Waals surface area contributed by atoms with Gasteiger partial charge in [-0.05, 0) is 31.4 Å². The van der Waals surface area contributed by atoms with Crippen LogP contribution in [0.5, 0.6) is 0 Å². The topological polar surface area (TPSA) is 29.3 Å². The number of benzene rings is 1. The quantitative estimate of drug-likeness (QED) is 0.862. The van der Waals surface area contributed by atoms with E-state index in [0.29, 0.717) is 6.54 Å². The third-order valence-corrected chi connectivity index (χ3v) is 3.44. The van der Waals surface area contributed by atoms with E-state index in [2.05, 4.69) is 0 Å². The van der Waals surface area contributed by atoms with Crippen LogP contribution in [0.25, 0.3) is 0 Å². The van der Waals surface area contributed by atoms with Crippen LogP contribution < -0.4 is 5.73 Å². The lowest BCUT2D eigenvalue weighted by Crippen LogP contribution is -2.47. The lowest BCUT2D eigenvalue weighted by atomic mass is 10.1.